The summed E-state index contributed by atoms with van der Waals surface area (Å²) >= 11 is 0.946. The van der Waals surface area contributed by atoms with E-state index in [1.807, 2.05) is 0 Å². The molecule has 1 saturated heterocycles. The second-order valence-corrected chi connectivity index (χ2v) is 8.94. The highest BCUT2D eigenvalue weighted by Gasteiger charge is 2.30. The van der Waals surface area contributed by atoms with Crippen molar-refractivity contribution in [3.8, 4) is 0 Å². The van der Waals surface area contributed by atoms with E-state index in [4.69, 9.17) is 0 Å². The monoisotopic (exact) mass is 431 g/mol. The van der Waals surface area contributed by atoms with Crippen molar-refractivity contribution in [1.29, 1.82) is 0 Å². The number of rotatable bonds is 5. The van der Waals surface area contributed by atoms with Gasteiger partial charge in [0.15, 0.2) is 0 Å². The van der Waals surface area contributed by atoms with Crippen molar-refractivity contribution in [2.45, 2.75) is 11.4 Å². The molecule has 0 aromatic heterocycles. The van der Waals surface area contributed by atoms with Crippen LogP contribution in [0, 0.1) is 0 Å². The quantitative estimate of drug-likeness (QED) is 0.687. The standard InChI is InChI=1S/C18H13N3O6S2/c22-15-9-28-18(25)21(15)8-10-1-3-11(4-2-10)20-29(26,27)12-5-6-13-14(7-12)17(24)19-16(13)23/h1-7,20H,8-9H2,(H,19,23,24). The summed E-state index contributed by atoms with van der Waals surface area (Å²) in [5, 5.41) is 1.80. The highest BCUT2D eigenvalue weighted by molar-refractivity contribution is 8.14. The fraction of sp³-hybridized carbons (Fsp3) is 0.111. The van der Waals surface area contributed by atoms with Crippen LogP contribution in [0.25, 0.3) is 0 Å². The van der Waals surface area contributed by atoms with Crippen LogP contribution >= 0.6 is 11.8 Å². The van der Waals surface area contributed by atoms with Gasteiger partial charge in [0.1, 0.15) is 0 Å². The molecular weight excluding hydrogens is 418 g/mol. The molecule has 0 spiro atoms. The largest absolute Gasteiger partial charge is 0.289 e. The first-order valence-electron chi connectivity index (χ1n) is 8.33. The first kappa shape index (κ1) is 19.2. The summed E-state index contributed by atoms with van der Waals surface area (Å²) in [6.07, 6.45) is 0. The van der Waals surface area contributed by atoms with Gasteiger partial charge in [-0.2, -0.15) is 0 Å². The number of hydrogen-bond acceptors (Lipinski definition) is 7. The number of carbonyl (C=O) groups is 4. The van der Waals surface area contributed by atoms with Crippen LogP contribution in [0.1, 0.15) is 26.3 Å². The zero-order valence-electron chi connectivity index (χ0n) is 14.7. The number of fused-ring (bicyclic) bond motifs is 1. The Hall–Kier alpha value is -3.18. The second kappa shape index (κ2) is 7.01. The summed E-state index contributed by atoms with van der Waals surface area (Å²) in [5.41, 5.74) is 1.07. The predicted octanol–water partition coefficient (Wildman–Crippen LogP) is 1.57. The van der Waals surface area contributed by atoms with Crippen LogP contribution in [0.15, 0.2) is 47.4 Å². The zero-order chi connectivity index (χ0) is 20.8. The molecular formula is C18H13N3O6S2. The maximum absolute atomic E-state index is 12.6. The molecule has 4 rings (SSSR count). The van der Waals surface area contributed by atoms with E-state index in [1.165, 1.54) is 24.3 Å². The molecule has 4 amide bonds. The number of nitrogens with zero attached hydrogens (tertiary/aromatic N) is 1. The number of thioether (sulfide) groups is 1. The van der Waals surface area contributed by atoms with Gasteiger partial charge in [0.2, 0.25) is 5.91 Å². The fourth-order valence-corrected chi connectivity index (χ4v) is 4.73. The van der Waals surface area contributed by atoms with Crippen LogP contribution in [0.4, 0.5) is 10.5 Å². The lowest BCUT2D eigenvalue weighted by atomic mass is 10.1. The minimum atomic E-state index is -3.99. The molecule has 0 aliphatic carbocycles. The molecule has 9 nitrogen and oxygen atoms in total. The highest BCUT2D eigenvalue weighted by Crippen LogP contribution is 2.24. The molecule has 2 aromatic rings. The second-order valence-electron chi connectivity index (χ2n) is 6.33. The molecule has 2 N–H and O–H groups in total. The van der Waals surface area contributed by atoms with E-state index in [2.05, 4.69) is 10.0 Å². The minimum absolute atomic E-state index is 0.00559. The Bertz CT molecular complexity index is 1160. The summed E-state index contributed by atoms with van der Waals surface area (Å²) < 4.78 is 27.6. The summed E-state index contributed by atoms with van der Waals surface area (Å²) in [4.78, 5) is 47.6. The molecule has 1 fully saturated rings. The molecule has 0 radical (unpaired) electrons. The third-order valence-electron chi connectivity index (χ3n) is 4.41. The number of imide groups is 2. The van der Waals surface area contributed by atoms with E-state index in [0.29, 0.717) is 5.56 Å². The van der Waals surface area contributed by atoms with Crippen molar-refractivity contribution in [3.05, 3.63) is 59.2 Å². The Kier molecular flexibility index (Phi) is 4.63. The van der Waals surface area contributed by atoms with Gasteiger partial charge in [-0.15, -0.1) is 0 Å². The lowest BCUT2D eigenvalue weighted by Crippen LogP contribution is -2.27. The Morgan fingerprint density at radius 3 is 2.31 bits per heavy atom. The third kappa shape index (κ3) is 3.61. The van der Waals surface area contributed by atoms with Crippen molar-refractivity contribution in [2.24, 2.45) is 0 Å². The van der Waals surface area contributed by atoms with Crippen LogP contribution in [-0.2, 0) is 21.4 Å². The molecule has 0 bridgehead atoms. The first-order valence-corrected chi connectivity index (χ1v) is 10.8. The van der Waals surface area contributed by atoms with Crippen LogP contribution in [0.5, 0.6) is 0 Å². The topological polar surface area (TPSA) is 130 Å². The van der Waals surface area contributed by atoms with Crippen molar-refractivity contribution >= 4 is 50.4 Å². The SMILES string of the molecule is O=C1NC(=O)c2cc(S(=O)(=O)Nc3ccc(CN4C(=O)CSC4=O)cc3)ccc21. The Morgan fingerprint density at radius 2 is 1.66 bits per heavy atom. The molecule has 2 aliphatic rings. The molecule has 0 atom stereocenters. The number of anilines is 1. The lowest BCUT2D eigenvalue weighted by Gasteiger charge is -2.13. The lowest BCUT2D eigenvalue weighted by molar-refractivity contribution is -0.125. The van der Waals surface area contributed by atoms with E-state index in [-0.39, 0.29) is 45.2 Å². The molecule has 2 aromatic carbocycles. The van der Waals surface area contributed by atoms with E-state index in [9.17, 15) is 27.6 Å². The van der Waals surface area contributed by atoms with E-state index in [0.717, 1.165) is 22.7 Å². The van der Waals surface area contributed by atoms with Gasteiger partial charge in [0, 0.05) is 5.69 Å². The average Bonchev–Trinajstić information content (AvgIpc) is 3.15. The summed E-state index contributed by atoms with van der Waals surface area (Å²) in [6, 6.07) is 9.91. The van der Waals surface area contributed by atoms with Crippen molar-refractivity contribution in [1.82, 2.24) is 10.2 Å². The fourth-order valence-electron chi connectivity index (χ4n) is 2.92. The molecule has 148 valence electrons. The van der Waals surface area contributed by atoms with Gasteiger partial charge in [0.05, 0.1) is 28.3 Å². The molecule has 11 heteroatoms. The smallest absolute Gasteiger partial charge is 0.288 e. The van der Waals surface area contributed by atoms with Gasteiger partial charge in [-0.1, -0.05) is 23.9 Å². The number of nitrogens with one attached hydrogen (secondary N) is 2. The number of carbonyl (C=O) groups excluding carboxylic acids is 4. The average molecular weight is 431 g/mol. The van der Waals surface area contributed by atoms with Crippen LogP contribution < -0.4 is 10.0 Å². The van der Waals surface area contributed by atoms with Gasteiger partial charge in [-0.25, -0.2) is 8.42 Å². The first-order chi connectivity index (χ1) is 13.7. The third-order valence-corrected chi connectivity index (χ3v) is 6.64. The van der Waals surface area contributed by atoms with Gasteiger partial charge < -0.3 is 0 Å². The maximum atomic E-state index is 12.6. The van der Waals surface area contributed by atoms with Gasteiger partial charge in [-0.05, 0) is 35.9 Å². The van der Waals surface area contributed by atoms with E-state index < -0.39 is 21.8 Å². The van der Waals surface area contributed by atoms with E-state index >= 15 is 0 Å². The normalized spacial score (nSPS) is 16.2. The molecule has 0 saturated carbocycles. The van der Waals surface area contributed by atoms with Gasteiger partial charge in [0.25, 0.3) is 27.1 Å². The van der Waals surface area contributed by atoms with Crippen LogP contribution in [-0.4, -0.2) is 42.0 Å². The Labute approximate surface area is 169 Å². The zero-order valence-corrected chi connectivity index (χ0v) is 16.3. The Morgan fingerprint density at radius 1 is 0.966 bits per heavy atom. The van der Waals surface area contributed by atoms with Crippen molar-refractivity contribution in [2.75, 3.05) is 10.5 Å². The minimum Gasteiger partial charge on any atom is -0.288 e. The number of hydrogen-bond donors (Lipinski definition) is 2. The Balaban J connectivity index is 1.51. The number of amides is 4. The number of sulfonamides is 1. The van der Waals surface area contributed by atoms with Gasteiger partial charge in [-0.3, -0.25) is 34.1 Å². The maximum Gasteiger partial charge on any atom is 0.289 e. The van der Waals surface area contributed by atoms with E-state index in [1.54, 1.807) is 12.1 Å². The molecule has 2 aliphatic heterocycles. The highest BCUT2D eigenvalue weighted by atomic mass is 32.2. The summed E-state index contributed by atoms with van der Waals surface area (Å²) in [6.45, 7) is 0.117. The van der Waals surface area contributed by atoms with Crippen molar-refractivity contribution in [3.63, 3.8) is 0 Å². The predicted molar refractivity (Wildman–Crippen MR) is 104 cm³/mol. The molecule has 0 unspecified atom stereocenters. The molecule has 2 heterocycles. The summed E-state index contributed by atoms with van der Waals surface area (Å²) in [7, 11) is -3.99. The van der Waals surface area contributed by atoms with Crippen LogP contribution in [0.3, 0.4) is 0 Å². The van der Waals surface area contributed by atoms with Crippen LogP contribution in [0.2, 0.25) is 0 Å². The molecule has 29 heavy (non-hydrogen) atoms. The van der Waals surface area contributed by atoms with Crippen molar-refractivity contribution < 1.29 is 27.6 Å². The summed E-state index contributed by atoms with van der Waals surface area (Å²) in [5.74, 6) is -1.34. The van der Waals surface area contributed by atoms with Gasteiger partial charge >= 0.3 is 0 Å². The number of benzene rings is 2.